The lowest BCUT2D eigenvalue weighted by atomic mass is 10.1. The molecule has 1 aromatic heterocycles. The average Bonchev–Trinajstić information content (AvgIpc) is 2.93. The molecule has 9 heteroatoms. The van der Waals surface area contributed by atoms with Crippen molar-refractivity contribution in [3.8, 4) is 16.9 Å². The number of aromatic carboxylic acids is 1. The molecule has 0 saturated carbocycles. The van der Waals surface area contributed by atoms with Crippen molar-refractivity contribution >= 4 is 27.6 Å². The van der Waals surface area contributed by atoms with Crippen LogP contribution in [0.4, 0.5) is 0 Å². The third kappa shape index (κ3) is 3.34. The summed E-state index contributed by atoms with van der Waals surface area (Å²) in [5, 5.41) is 19.3. The predicted octanol–water partition coefficient (Wildman–Crippen LogP) is 2.85. The van der Waals surface area contributed by atoms with Crippen LogP contribution in [0.2, 0.25) is 5.02 Å². The molecule has 0 saturated heterocycles. The van der Waals surface area contributed by atoms with E-state index in [-0.39, 0.29) is 10.6 Å². The van der Waals surface area contributed by atoms with Crippen LogP contribution in [0.15, 0.2) is 53.4 Å². The van der Waals surface area contributed by atoms with Gasteiger partial charge in [-0.2, -0.15) is 5.10 Å². The van der Waals surface area contributed by atoms with Crippen LogP contribution in [0.25, 0.3) is 16.9 Å². The standard InChI is InChI=1S/C17H14ClN3O4S/c1-10-15(17(22)23)20-21(16(10)11-5-7-12(18)8-6-11)13-3-2-4-14(9-13)26(19,24)25/h2-9H,1H3,(H,22,23)(H2,19,24,25). The first-order valence-electron chi connectivity index (χ1n) is 7.40. The number of benzene rings is 2. The average molecular weight is 392 g/mol. The molecule has 0 aliphatic rings. The van der Waals surface area contributed by atoms with Crippen molar-refractivity contribution in [2.24, 2.45) is 5.14 Å². The van der Waals surface area contributed by atoms with Crippen LogP contribution in [0, 0.1) is 6.92 Å². The van der Waals surface area contributed by atoms with Gasteiger partial charge < -0.3 is 5.11 Å². The van der Waals surface area contributed by atoms with Gasteiger partial charge in [0, 0.05) is 16.1 Å². The number of carboxylic acid groups (broad SMARTS) is 1. The van der Waals surface area contributed by atoms with E-state index in [1.165, 1.54) is 22.9 Å². The third-order valence-corrected chi connectivity index (χ3v) is 5.00. The maximum Gasteiger partial charge on any atom is 0.356 e. The lowest BCUT2D eigenvalue weighted by molar-refractivity contribution is 0.0689. The Morgan fingerprint density at radius 1 is 1.19 bits per heavy atom. The minimum atomic E-state index is -3.91. The Bertz CT molecular complexity index is 1110. The minimum absolute atomic E-state index is 0.0953. The Morgan fingerprint density at radius 2 is 1.85 bits per heavy atom. The van der Waals surface area contributed by atoms with E-state index < -0.39 is 16.0 Å². The highest BCUT2D eigenvalue weighted by molar-refractivity contribution is 7.89. The zero-order valence-corrected chi connectivity index (χ0v) is 15.1. The second kappa shape index (κ2) is 6.56. The van der Waals surface area contributed by atoms with E-state index in [9.17, 15) is 18.3 Å². The molecule has 3 aromatic rings. The van der Waals surface area contributed by atoms with E-state index in [1.54, 1.807) is 37.3 Å². The van der Waals surface area contributed by atoms with Crippen LogP contribution in [0.5, 0.6) is 0 Å². The number of hydrogen-bond donors (Lipinski definition) is 2. The molecule has 134 valence electrons. The third-order valence-electron chi connectivity index (χ3n) is 3.83. The van der Waals surface area contributed by atoms with Crippen LogP contribution >= 0.6 is 11.6 Å². The Hall–Kier alpha value is -2.68. The maximum atomic E-state index is 11.6. The summed E-state index contributed by atoms with van der Waals surface area (Å²) >= 11 is 5.93. The van der Waals surface area contributed by atoms with Crippen molar-refractivity contribution in [3.05, 3.63) is 64.8 Å². The summed E-state index contributed by atoms with van der Waals surface area (Å²) in [7, 11) is -3.91. The van der Waals surface area contributed by atoms with E-state index in [2.05, 4.69) is 5.10 Å². The molecule has 0 bridgehead atoms. The number of rotatable bonds is 4. The number of primary sulfonamides is 1. The maximum absolute atomic E-state index is 11.6. The van der Waals surface area contributed by atoms with Crippen molar-refractivity contribution in [2.75, 3.05) is 0 Å². The smallest absolute Gasteiger partial charge is 0.356 e. The van der Waals surface area contributed by atoms with Crippen LogP contribution in [0.1, 0.15) is 16.1 Å². The zero-order valence-electron chi connectivity index (χ0n) is 13.5. The highest BCUT2D eigenvalue weighted by Crippen LogP contribution is 2.30. The van der Waals surface area contributed by atoms with Gasteiger partial charge in [0.05, 0.1) is 16.3 Å². The largest absolute Gasteiger partial charge is 0.476 e. The fourth-order valence-corrected chi connectivity index (χ4v) is 3.30. The molecule has 0 unspecified atom stereocenters. The molecule has 2 aromatic carbocycles. The second-order valence-electron chi connectivity index (χ2n) is 5.59. The number of nitrogens with two attached hydrogens (primary N) is 1. The molecule has 0 radical (unpaired) electrons. The van der Waals surface area contributed by atoms with Gasteiger partial charge in [0.25, 0.3) is 0 Å². The normalized spacial score (nSPS) is 11.5. The Morgan fingerprint density at radius 3 is 2.42 bits per heavy atom. The van der Waals surface area contributed by atoms with Crippen molar-refractivity contribution in [2.45, 2.75) is 11.8 Å². The lowest BCUT2D eigenvalue weighted by Crippen LogP contribution is -2.12. The quantitative estimate of drug-likeness (QED) is 0.709. The Labute approximate surface area is 154 Å². The molecule has 0 aliphatic carbocycles. The van der Waals surface area contributed by atoms with Crippen LogP contribution < -0.4 is 5.14 Å². The molecule has 0 spiro atoms. The summed E-state index contributed by atoms with van der Waals surface area (Å²) < 4.78 is 24.6. The SMILES string of the molecule is Cc1c(C(=O)O)nn(-c2cccc(S(N)(=O)=O)c2)c1-c1ccc(Cl)cc1. The van der Waals surface area contributed by atoms with Gasteiger partial charge in [-0.3, -0.25) is 0 Å². The number of halogens is 1. The molecular weight excluding hydrogens is 378 g/mol. The van der Waals surface area contributed by atoms with Crippen LogP contribution in [-0.4, -0.2) is 29.3 Å². The number of aromatic nitrogens is 2. The minimum Gasteiger partial charge on any atom is -0.476 e. The summed E-state index contributed by atoms with van der Waals surface area (Å²) in [6.07, 6.45) is 0. The van der Waals surface area contributed by atoms with E-state index in [4.69, 9.17) is 16.7 Å². The highest BCUT2D eigenvalue weighted by Gasteiger charge is 2.22. The highest BCUT2D eigenvalue weighted by atomic mass is 35.5. The summed E-state index contributed by atoms with van der Waals surface area (Å²) in [6.45, 7) is 1.64. The molecule has 0 atom stereocenters. The van der Waals surface area contributed by atoms with Crippen LogP contribution in [-0.2, 0) is 10.0 Å². The van der Waals surface area contributed by atoms with Crippen molar-refractivity contribution in [1.82, 2.24) is 9.78 Å². The number of carbonyl (C=O) groups is 1. The molecule has 3 N–H and O–H groups in total. The topological polar surface area (TPSA) is 115 Å². The van der Waals surface area contributed by atoms with Crippen molar-refractivity contribution < 1.29 is 18.3 Å². The molecule has 26 heavy (non-hydrogen) atoms. The molecule has 1 heterocycles. The lowest BCUT2D eigenvalue weighted by Gasteiger charge is -2.10. The van der Waals surface area contributed by atoms with Gasteiger partial charge in [0.1, 0.15) is 0 Å². The van der Waals surface area contributed by atoms with Gasteiger partial charge in [-0.25, -0.2) is 23.0 Å². The number of nitrogens with zero attached hydrogens (tertiary/aromatic N) is 2. The van der Waals surface area contributed by atoms with Gasteiger partial charge in [-0.05, 0) is 37.3 Å². The summed E-state index contributed by atoms with van der Waals surface area (Å²) in [5.41, 5.74) is 1.90. The monoisotopic (exact) mass is 391 g/mol. The molecule has 0 fully saturated rings. The molecule has 0 amide bonds. The molecule has 3 rings (SSSR count). The van der Waals surface area contributed by atoms with Gasteiger partial charge in [0.15, 0.2) is 5.69 Å². The van der Waals surface area contributed by atoms with E-state index in [0.717, 1.165) is 0 Å². The summed E-state index contributed by atoms with van der Waals surface area (Å²) in [5.74, 6) is -1.18. The number of sulfonamides is 1. The van der Waals surface area contributed by atoms with Crippen LogP contribution in [0.3, 0.4) is 0 Å². The van der Waals surface area contributed by atoms with Gasteiger partial charge in [-0.15, -0.1) is 0 Å². The first kappa shape index (κ1) is 18.1. The van der Waals surface area contributed by atoms with Crippen molar-refractivity contribution in [3.63, 3.8) is 0 Å². The Balaban J connectivity index is 2.29. The number of carboxylic acids is 1. The van der Waals surface area contributed by atoms with Gasteiger partial charge in [-0.1, -0.05) is 29.8 Å². The summed E-state index contributed by atoms with van der Waals surface area (Å²) in [4.78, 5) is 11.4. The number of hydrogen-bond acceptors (Lipinski definition) is 4. The first-order chi connectivity index (χ1) is 12.2. The Kier molecular flexibility index (Phi) is 4.57. The predicted molar refractivity (Wildman–Crippen MR) is 97.1 cm³/mol. The summed E-state index contributed by atoms with van der Waals surface area (Å²) in [6, 6.07) is 12.6. The second-order valence-corrected chi connectivity index (χ2v) is 7.59. The fourth-order valence-electron chi connectivity index (χ4n) is 2.62. The van der Waals surface area contributed by atoms with Gasteiger partial charge in [0.2, 0.25) is 10.0 Å². The first-order valence-corrected chi connectivity index (χ1v) is 9.33. The molecule has 7 nitrogen and oxygen atoms in total. The molecular formula is C17H14ClN3O4S. The fraction of sp³-hybridized carbons (Fsp3) is 0.0588. The van der Waals surface area contributed by atoms with Gasteiger partial charge >= 0.3 is 5.97 Å². The zero-order chi connectivity index (χ0) is 19.1. The van der Waals surface area contributed by atoms with E-state index in [0.29, 0.717) is 27.5 Å². The molecule has 0 aliphatic heterocycles. The van der Waals surface area contributed by atoms with Crippen molar-refractivity contribution in [1.29, 1.82) is 0 Å². The van der Waals surface area contributed by atoms with E-state index in [1.807, 2.05) is 0 Å². The van der Waals surface area contributed by atoms with E-state index >= 15 is 0 Å².